The number of sulfonamides is 2. The zero-order valence-corrected chi connectivity index (χ0v) is 40.6. The van der Waals surface area contributed by atoms with Crippen molar-refractivity contribution < 1.29 is 43.2 Å². The summed E-state index contributed by atoms with van der Waals surface area (Å²) in [5, 5.41) is 4.30. The fourth-order valence-electron chi connectivity index (χ4n) is 8.97. The second-order valence-electron chi connectivity index (χ2n) is 17.0. The number of nitrogens with one attached hydrogen (secondary N) is 2. The predicted molar refractivity (Wildman–Crippen MR) is 276 cm³/mol. The summed E-state index contributed by atoms with van der Waals surface area (Å²) in [4.78, 5) is 18.9. The molecule has 0 saturated heterocycles. The number of nitrogens with zero attached hydrogens (tertiary/aromatic N) is 5. The molecule has 19 heteroatoms. The van der Waals surface area contributed by atoms with Crippen LogP contribution in [-0.2, 0) is 20.0 Å². The number of fused-ring (bicyclic) bond motifs is 2. The lowest BCUT2D eigenvalue weighted by molar-refractivity contribution is 0.357. The smallest absolute Gasteiger partial charge is 0.259 e. The minimum absolute atomic E-state index is 0.134. The highest BCUT2D eigenvalue weighted by molar-refractivity contribution is 8.04. The second kappa shape index (κ2) is 19.9. The number of aromatic nitrogens is 4. The number of para-hydroxylation sites is 2. The van der Waals surface area contributed by atoms with E-state index in [4.69, 9.17) is 9.41 Å². The van der Waals surface area contributed by atoms with Crippen molar-refractivity contribution in [3.05, 3.63) is 230 Å². The van der Waals surface area contributed by atoms with E-state index in [1.54, 1.807) is 86.0 Å². The first-order valence-electron chi connectivity index (χ1n) is 22.9. The molecule has 9 aromatic rings. The summed E-state index contributed by atoms with van der Waals surface area (Å²) in [6.45, 7) is 0. The van der Waals surface area contributed by atoms with E-state index >= 15 is 0 Å². The SMILES string of the molecule is O=S(=O)(NS(=O)(=O)c1c(F)c(F)c(F)c(F)c1F)c1ccccc1-c1c2cc/c(=N/c3c(-c4ccncc4)cccc3-c3ccncc3)cc-2oc2cc(Nc3c(-c4ccncc4)cccc3-c3ccncc3)ccc12. The first-order valence-corrected chi connectivity index (χ1v) is 25.8. The summed E-state index contributed by atoms with van der Waals surface area (Å²) in [6, 6.07) is 41.7. The molecule has 5 heterocycles. The monoisotopic (exact) mass is 1060 g/mol. The Bertz CT molecular complexity index is 4190. The largest absolute Gasteiger partial charge is 0.456 e. The zero-order chi connectivity index (χ0) is 52.7. The van der Waals surface area contributed by atoms with Crippen LogP contribution in [0.25, 0.3) is 77.9 Å². The molecule has 1 aliphatic carbocycles. The lowest BCUT2D eigenvalue weighted by Gasteiger charge is -2.20. The maximum atomic E-state index is 15.0. The van der Waals surface area contributed by atoms with Crippen LogP contribution in [0.5, 0.6) is 0 Å². The van der Waals surface area contributed by atoms with Crippen LogP contribution in [0.3, 0.4) is 0 Å². The Morgan fingerprint density at radius 3 is 1.46 bits per heavy atom. The van der Waals surface area contributed by atoms with E-state index in [1.807, 2.05) is 84.9 Å². The number of hydrogen-bond donors (Lipinski definition) is 2. The van der Waals surface area contributed by atoms with Gasteiger partial charge in [-0.25, -0.2) is 43.8 Å². The number of halogens is 5. The Morgan fingerprint density at radius 2 is 0.921 bits per heavy atom. The van der Waals surface area contributed by atoms with E-state index in [-0.39, 0.29) is 22.5 Å². The van der Waals surface area contributed by atoms with Crippen molar-refractivity contribution in [3.8, 4) is 67.0 Å². The third kappa shape index (κ3) is 9.12. The molecule has 5 aromatic carbocycles. The van der Waals surface area contributed by atoms with Crippen LogP contribution < -0.4 is 14.8 Å². The minimum Gasteiger partial charge on any atom is -0.456 e. The van der Waals surface area contributed by atoms with Crippen LogP contribution >= 0.6 is 0 Å². The van der Waals surface area contributed by atoms with Crippen LogP contribution in [-0.4, -0.2) is 36.8 Å². The molecule has 2 N–H and O–H groups in total. The molecule has 0 spiro atoms. The van der Waals surface area contributed by atoms with Gasteiger partial charge in [0.1, 0.15) is 11.3 Å². The summed E-state index contributed by atoms with van der Waals surface area (Å²) < 4.78 is 136. The van der Waals surface area contributed by atoms with E-state index in [1.165, 1.54) is 22.3 Å². The summed E-state index contributed by atoms with van der Waals surface area (Å²) >= 11 is 0. The zero-order valence-electron chi connectivity index (χ0n) is 39.0. The van der Waals surface area contributed by atoms with Crippen LogP contribution in [0.2, 0.25) is 0 Å². The van der Waals surface area contributed by atoms with Gasteiger partial charge in [-0.2, -0.15) is 0 Å². The molecule has 12 nitrogen and oxygen atoms in total. The van der Waals surface area contributed by atoms with Gasteiger partial charge >= 0.3 is 0 Å². The maximum absolute atomic E-state index is 15.0. The molecule has 0 unspecified atom stereocenters. The van der Waals surface area contributed by atoms with Crippen LogP contribution in [0.4, 0.5) is 39.0 Å². The van der Waals surface area contributed by atoms with Gasteiger partial charge in [-0.15, -0.1) is 4.13 Å². The third-order valence-electron chi connectivity index (χ3n) is 12.4. The number of hydrogen-bond acceptors (Lipinski definition) is 11. The van der Waals surface area contributed by atoms with E-state index in [0.29, 0.717) is 33.4 Å². The molecule has 2 aliphatic rings. The molecule has 1 aliphatic heterocycles. The van der Waals surface area contributed by atoms with Gasteiger partial charge in [0.25, 0.3) is 20.0 Å². The summed E-state index contributed by atoms with van der Waals surface area (Å²) in [6.07, 6.45) is 13.4. The van der Waals surface area contributed by atoms with Gasteiger partial charge in [0.05, 0.1) is 21.6 Å². The summed E-state index contributed by atoms with van der Waals surface area (Å²) in [5.74, 6) is -13.2. The number of anilines is 2. The standard InChI is InChI=1S/C57H34F5N7O5S2/c58-50-51(59)53(61)57(54(62)52(50)60)76(72,73)69-75(70,71)48-10-2-1-5-45(48)49-43-13-11-37(67-55-39(33-15-23-63-24-16-33)6-3-7-40(55)34-17-25-64-26-18-34)31-46(43)74-47-32-38(12-14-44(47)49)68-56-41(35-19-27-65-28-20-35)8-4-9-42(56)36-21-29-66-30-22-36/h1-32,67,69H/b68-38-. The van der Waals surface area contributed by atoms with Crippen molar-refractivity contribution in [3.63, 3.8) is 0 Å². The van der Waals surface area contributed by atoms with Crippen molar-refractivity contribution in [1.82, 2.24) is 24.1 Å². The fraction of sp³-hybridized carbons (Fsp3) is 0. The number of rotatable bonds is 12. The molecule has 4 aromatic heterocycles. The van der Waals surface area contributed by atoms with E-state index < -0.39 is 58.9 Å². The summed E-state index contributed by atoms with van der Waals surface area (Å²) in [7, 11) is -11.5. The first-order chi connectivity index (χ1) is 36.8. The Morgan fingerprint density at radius 1 is 0.447 bits per heavy atom. The molecule has 0 bridgehead atoms. The molecule has 11 rings (SSSR count). The molecule has 76 heavy (non-hydrogen) atoms. The van der Waals surface area contributed by atoms with Crippen LogP contribution in [0, 0.1) is 29.1 Å². The van der Waals surface area contributed by atoms with Gasteiger partial charge in [0, 0.05) is 112 Å². The molecular weight excluding hydrogens is 1020 g/mol. The lowest BCUT2D eigenvalue weighted by atomic mass is 9.93. The Hall–Kier alpha value is -9.30. The maximum Gasteiger partial charge on any atom is 0.259 e. The minimum atomic E-state index is -6.03. The van der Waals surface area contributed by atoms with Gasteiger partial charge in [-0.3, -0.25) is 19.9 Å². The molecule has 0 amide bonds. The Balaban J connectivity index is 1.13. The Labute approximate surface area is 430 Å². The van der Waals surface area contributed by atoms with Crippen molar-refractivity contribution in [2.45, 2.75) is 9.79 Å². The first kappa shape index (κ1) is 48.9. The van der Waals surface area contributed by atoms with Crippen LogP contribution in [0.15, 0.2) is 214 Å². The predicted octanol–water partition coefficient (Wildman–Crippen LogP) is 12.8. The highest BCUT2D eigenvalue weighted by atomic mass is 32.3. The quantitative estimate of drug-likeness (QED) is 0.0520. The van der Waals surface area contributed by atoms with Crippen LogP contribution in [0.1, 0.15) is 0 Å². The summed E-state index contributed by atoms with van der Waals surface area (Å²) in [5.41, 5.74) is 8.92. The molecule has 0 saturated carbocycles. The van der Waals surface area contributed by atoms with E-state index in [9.17, 15) is 38.8 Å². The molecule has 374 valence electrons. The van der Waals surface area contributed by atoms with Gasteiger partial charge in [-0.1, -0.05) is 54.6 Å². The Kier molecular flexibility index (Phi) is 12.8. The van der Waals surface area contributed by atoms with Gasteiger partial charge in [0.15, 0.2) is 28.2 Å². The molecule has 0 fully saturated rings. The fourth-order valence-corrected chi connectivity index (χ4v) is 12.2. The normalized spacial score (nSPS) is 12.1. The molecule has 0 radical (unpaired) electrons. The van der Waals surface area contributed by atoms with E-state index in [0.717, 1.165) is 50.6 Å². The second-order valence-corrected chi connectivity index (χ2v) is 20.5. The van der Waals surface area contributed by atoms with Crippen molar-refractivity contribution in [2.24, 2.45) is 4.99 Å². The van der Waals surface area contributed by atoms with E-state index in [2.05, 4.69) is 25.3 Å². The van der Waals surface area contributed by atoms with Gasteiger partial charge < -0.3 is 9.73 Å². The number of benzene rings is 6. The highest BCUT2D eigenvalue weighted by Gasteiger charge is 2.37. The molecule has 0 atom stereocenters. The topological polar surface area (TPSA) is 169 Å². The van der Waals surface area contributed by atoms with Gasteiger partial charge in [-0.05, 0) is 101 Å². The molecular formula is C57H34F5N7O5S2. The average molecular weight is 1060 g/mol. The number of pyridine rings is 4. The van der Waals surface area contributed by atoms with Crippen molar-refractivity contribution in [1.29, 1.82) is 0 Å². The third-order valence-corrected chi connectivity index (χ3v) is 16.0. The average Bonchev–Trinajstić information content (AvgIpc) is 3.48. The van der Waals surface area contributed by atoms with Crippen molar-refractivity contribution in [2.75, 3.05) is 5.32 Å². The lowest BCUT2D eigenvalue weighted by Crippen LogP contribution is -2.33. The van der Waals surface area contributed by atoms with Gasteiger partial charge in [0.2, 0.25) is 5.82 Å². The van der Waals surface area contributed by atoms with Crippen molar-refractivity contribution >= 4 is 48.1 Å². The highest BCUT2D eigenvalue weighted by Crippen LogP contribution is 2.45.